The minimum absolute atomic E-state index is 0.567. The molecule has 1 atom stereocenters. The molecule has 0 aliphatic heterocycles. The number of benzene rings is 1. The predicted octanol–water partition coefficient (Wildman–Crippen LogP) is 1.23. The van der Waals surface area contributed by atoms with Crippen molar-refractivity contribution in [3.63, 3.8) is 0 Å². The summed E-state index contributed by atoms with van der Waals surface area (Å²) in [5, 5.41) is 8.82. The number of hydrogen-bond donors (Lipinski definition) is 3. The van der Waals surface area contributed by atoms with E-state index in [-0.39, 0.29) is 0 Å². The normalized spacial score (nSPS) is 15.0. The van der Waals surface area contributed by atoms with Crippen molar-refractivity contribution in [1.29, 1.82) is 0 Å². The average Bonchev–Trinajstić information content (AvgIpc) is 2.04. The van der Waals surface area contributed by atoms with Gasteiger partial charge in [0, 0.05) is 4.90 Å². The molecule has 0 saturated heterocycles. The first-order chi connectivity index (χ1) is 5.94. The van der Waals surface area contributed by atoms with Gasteiger partial charge in [0.15, 0.2) is 0 Å². The molecule has 0 saturated carbocycles. The molecule has 0 unspecified atom stereocenters. The first-order valence-corrected chi connectivity index (χ1v) is 4.21. The quantitative estimate of drug-likeness (QED) is 0.625. The maximum Gasteiger partial charge on any atom is 0.328 e. The Hall–Kier alpha value is -1.00. The lowest BCUT2D eigenvalue weighted by Crippen LogP contribution is -2.41. The maximum atomic E-state index is 10.8. The molecule has 0 radical (unpaired) electrons. The third-order valence-electron chi connectivity index (χ3n) is 1.91. The molecule has 0 aliphatic rings. The number of carboxylic acids is 1. The highest BCUT2D eigenvalue weighted by Crippen LogP contribution is 2.19. The van der Waals surface area contributed by atoms with E-state index in [2.05, 4.69) is 12.6 Å². The largest absolute Gasteiger partial charge is 0.480 e. The number of aliphatic carboxylic acids is 1. The lowest BCUT2D eigenvalue weighted by atomic mass is 9.94. The minimum Gasteiger partial charge on any atom is -0.480 e. The summed E-state index contributed by atoms with van der Waals surface area (Å²) in [4.78, 5) is 11.5. The summed E-state index contributed by atoms with van der Waals surface area (Å²) in [6, 6.07) is 6.76. The van der Waals surface area contributed by atoms with E-state index in [1.807, 2.05) is 0 Å². The van der Waals surface area contributed by atoms with Gasteiger partial charge in [0.25, 0.3) is 0 Å². The summed E-state index contributed by atoms with van der Waals surface area (Å²) in [5.41, 5.74) is 4.84. The molecule has 0 fully saturated rings. The van der Waals surface area contributed by atoms with Crippen LogP contribution in [0.25, 0.3) is 0 Å². The number of thiol groups is 1. The Kier molecular flexibility index (Phi) is 2.63. The zero-order valence-corrected chi connectivity index (χ0v) is 8.08. The van der Waals surface area contributed by atoms with Crippen LogP contribution in [0.3, 0.4) is 0 Å². The number of nitrogens with two attached hydrogens (primary N) is 1. The van der Waals surface area contributed by atoms with Gasteiger partial charge in [-0.3, -0.25) is 0 Å². The summed E-state index contributed by atoms with van der Waals surface area (Å²) in [5.74, 6) is -1.04. The maximum absolute atomic E-state index is 10.8. The third-order valence-corrected chi connectivity index (χ3v) is 2.21. The van der Waals surface area contributed by atoms with Crippen LogP contribution in [0, 0.1) is 0 Å². The van der Waals surface area contributed by atoms with Gasteiger partial charge in [-0.05, 0) is 24.6 Å². The summed E-state index contributed by atoms with van der Waals surface area (Å²) in [7, 11) is 0. The van der Waals surface area contributed by atoms with E-state index in [0.717, 1.165) is 4.90 Å². The smallest absolute Gasteiger partial charge is 0.328 e. The molecule has 1 aromatic rings. The van der Waals surface area contributed by atoms with Crippen LogP contribution in [0.4, 0.5) is 0 Å². The fraction of sp³-hybridized carbons (Fsp3) is 0.222. The zero-order chi connectivity index (χ0) is 10.1. The number of carbonyl (C=O) groups is 1. The van der Waals surface area contributed by atoms with E-state index in [0.29, 0.717) is 5.56 Å². The van der Waals surface area contributed by atoms with E-state index in [4.69, 9.17) is 10.8 Å². The van der Waals surface area contributed by atoms with Gasteiger partial charge >= 0.3 is 5.97 Å². The van der Waals surface area contributed by atoms with Crippen LogP contribution in [0.5, 0.6) is 0 Å². The molecule has 13 heavy (non-hydrogen) atoms. The Morgan fingerprint density at radius 3 is 2.31 bits per heavy atom. The van der Waals surface area contributed by atoms with Gasteiger partial charge in [-0.15, -0.1) is 12.6 Å². The van der Waals surface area contributed by atoms with Crippen molar-refractivity contribution in [3.8, 4) is 0 Å². The molecule has 1 aromatic carbocycles. The van der Waals surface area contributed by atoms with Crippen LogP contribution in [-0.4, -0.2) is 11.1 Å². The molecule has 70 valence electrons. The molecule has 0 heterocycles. The molecule has 3 nitrogen and oxygen atoms in total. The summed E-state index contributed by atoms with van der Waals surface area (Å²) >= 11 is 4.09. The monoisotopic (exact) mass is 197 g/mol. The molecule has 1 rings (SSSR count). The van der Waals surface area contributed by atoms with Gasteiger partial charge < -0.3 is 10.8 Å². The Morgan fingerprint density at radius 2 is 1.92 bits per heavy atom. The first-order valence-electron chi connectivity index (χ1n) is 3.76. The molecule has 4 heteroatoms. The van der Waals surface area contributed by atoms with Gasteiger partial charge in [0.1, 0.15) is 5.54 Å². The summed E-state index contributed by atoms with van der Waals surface area (Å²) < 4.78 is 0. The van der Waals surface area contributed by atoms with E-state index in [9.17, 15) is 4.79 Å². The number of carboxylic acid groups (broad SMARTS) is 1. The van der Waals surface area contributed by atoms with Crippen molar-refractivity contribution in [2.75, 3.05) is 0 Å². The Balaban J connectivity index is 3.08. The van der Waals surface area contributed by atoms with Crippen LogP contribution >= 0.6 is 12.6 Å². The molecule has 0 spiro atoms. The van der Waals surface area contributed by atoms with Crippen molar-refractivity contribution in [2.24, 2.45) is 5.73 Å². The molecular formula is C9H11NO2S. The lowest BCUT2D eigenvalue weighted by Gasteiger charge is -2.19. The molecule has 0 amide bonds. The first kappa shape index (κ1) is 10.1. The fourth-order valence-corrected chi connectivity index (χ4v) is 1.08. The van der Waals surface area contributed by atoms with Crippen LogP contribution in [0.2, 0.25) is 0 Å². The van der Waals surface area contributed by atoms with Gasteiger partial charge in [-0.2, -0.15) is 0 Å². The predicted molar refractivity (Wildman–Crippen MR) is 52.9 cm³/mol. The Morgan fingerprint density at radius 1 is 1.46 bits per heavy atom. The zero-order valence-electron chi connectivity index (χ0n) is 7.19. The van der Waals surface area contributed by atoms with Crippen LogP contribution in [-0.2, 0) is 10.3 Å². The second-order valence-corrected chi connectivity index (χ2v) is 3.57. The van der Waals surface area contributed by atoms with Gasteiger partial charge in [-0.1, -0.05) is 12.1 Å². The second kappa shape index (κ2) is 3.40. The van der Waals surface area contributed by atoms with Crippen molar-refractivity contribution in [3.05, 3.63) is 29.8 Å². The van der Waals surface area contributed by atoms with Crippen LogP contribution in [0.1, 0.15) is 12.5 Å². The van der Waals surface area contributed by atoms with Crippen LogP contribution in [0.15, 0.2) is 29.2 Å². The van der Waals surface area contributed by atoms with E-state index >= 15 is 0 Å². The summed E-state index contributed by atoms with van der Waals surface area (Å²) in [6.07, 6.45) is 0. The van der Waals surface area contributed by atoms with Crippen molar-refractivity contribution < 1.29 is 9.90 Å². The van der Waals surface area contributed by atoms with Crippen molar-refractivity contribution in [1.82, 2.24) is 0 Å². The van der Waals surface area contributed by atoms with Gasteiger partial charge in [0.2, 0.25) is 0 Å². The third kappa shape index (κ3) is 2.02. The van der Waals surface area contributed by atoms with Crippen LogP contribution < -0.4 is 5.73 Å². The second-order valence-electron chi connectivity index (χ2n) is 3.05. The minimum atomic E-state index is -1.33. The van der Waals surface area contributed by atoms with Crippen molar-refractivity contribution in [2.45, 2.75) is 17.4 Å². The lowest BCUT2D eigenvalue weighted by molar-refractivity contribution is -0.143. The van der Waals surface area contributed by atoms with E-state index < -0.39 is 11.5 Å². The van der Waals surface area contributed by atoms with Gasteiger partial charge in [-0.25, -0.2) is 4.79 Å². The van der Waals surface area contributed by atoms with E-state index in [1.165, 1.54) is 6.92 Å². The molecular weight excluding hydrogens is 186 g/mol. The van der Waals surface area contributed by atoms with E-state index in [1.54, 1.807) is 24.3 Å². The average molecular weight is 197 g/mol. The fourth-order valence-electron chi connectivity index (χ4n) is 0.931. The number of hydrogen-bond acceptors (Lipinski definition) is 3. The Labute approximate surface area is 82.0 Å². The standard InChI is InChI=1S/C9H11NO2S/c1-9(10,8(11)12)6-2-4-7(13)5-3-6/h2-5,13H,10H2,1H3,(H,11,12)/t9-/m0/s1. The van der Waals surface area contributed by atoms with Crippen molar-refractivity contribution >= 4 is 18.6 Å². The Bertz CT molecular complexity index is 319. The summed E-state index contributed by atoms with van der Waals surface area (Å²) in [6.45, 7) is 1.46. The highest BCUT2D eigenvalue weighted by Gasteiger charge is 2.29. The highest BCUT2D eigenvalue weighted by atomic mass is 32.1. The molecule has 0 aromatic heterocycles. The van der Waals surface area contributed by atoms with Gasteiger partial charge in [0.05, 0.1) is 0 Å². The highest BCUT2D eigenvalue weighted by molar-refractivity contribution is 7.80. The number of rotatable bonds is 2. The molecule has 0 bridgehead atoms. The molecule has 0 aliphatic carbocycles. The molecule has 3 N–H and O–H groups in total. The SMILES string of the molecule is C[C@@](N)(C(=O)O)c1ccc(S)cc1. The topological polar surface area (TPSA) is 63.3 Å².